The van der Waals surface area contributed by atoms with E-state index in [-0.39, 0.29) is 5.91 Å². The largest absolute Gasteiger partial charge is 0.492 e. The van der Waals surface area contributed by atoms with Gasteiger partial charge in [0.1, 0.15) is 5.75 Å². The molecule has 0 radical (unpaired) electrons. The van der Waals surface area contributed by atoms with Crippen LogP contribution in [0.4, 0.5) is 5.69 Å². The van der Waals surface area contributed by atoms with Crippen molar-refractivity contribution in [2.45, 2.75) is 25.7 Å². The molecule has 0 aliphatic heterocycles. The molecule has 1 saturated carbocycles. The monoisotopic (exact) mass is 262 g/mol. The van der Waals surface area contributed by atoms with Gasteiger partial charge in [0.25, 0.3) is 5.91 Å². The standard InChI is InChI=1S/C15H22N2O2/c1-17(2)15(18)13-8-7-12(16)9-14(13)19-10-11-5-3-4-6-11/h7-9,11H,3-6,10,16H2,1-2H3. The van der Waals surface area contributed by atoms with Crippen LogP contribution in [0.5, 0.6) is 5.75 Å². The van der Waals surface area contributed by atoms with Gasteiger partial charge in [-0.3, -0.25) is 4.79 Å². The molecule has 1 aliphatic carbocycles. The Morgan fingerprint density at radius 3 is 2.68 bits per heavy atom. The molecule has 1 fully saturated rings. The highest BCUT2D eigenvalue weighted by Crippen LogP contribution is 2.28. The van der Waals surface area contributed by atoms with Gasteiger partial charge in [0.2, 0.25) is 0 Å². The lowest BCUT2D eigenvalue weighted by atomic mass is 10.1. The third-order valence-corrected chi connectivity index (χ3v) is 3.59. The molecule has 0 unspecified atom stereocenters. The van der Waals surface area contributed by atoms with E-state index >= 15 is 0 Å². The van der Waals surface area contributed by atoms with Crippen LogP contribution in [0.3, 0.4) is 0 Å². The smallest absolute Gasteiger partial charge is 0.257 e. The highest BCUT2D eigenvalue weighted by Gasteiger charge is 2.19. The number of nitrogen functional groups attached to an aromatic ring is 1. The van der Waals surface area contributed by atoms with Crippen molar-refractivity contribution in [3.63, 3.8) is 0 Å². The molecule has 0 heterocycles. The average Bonchev–Trinajstić information content (AvgIpc) is 2.88. The maximum atomic E-state index is 12.1. The summed E-state index contributed by atoms with van der Waals surface area (Å²) in [6.45, 7) is 0.678. The molecule has 0 saturated heterocycles. The molecule has 19 heavy (non-hydrogen) atoms. The Kier molecular flexibility index (Phi) is 4.30. The van der Waals surface area contributed by atoms with E-state index in [0.29, 0.717) is 29.5 Å². The summed E-state index contributed by atoms with van der Waals surface area (Å²) in [5, 5.41) is 0. The third-order valence-electron chi connectivity index (χ3n) is 3.59. The second-order valence-corrected chi connectivity index (χ2v) is 5.42. The summed E-state index contributed by atoms with van der Waals surface area (Å²) in [5.41, 5.74) is 6.99. The van der Waals surface area contributed by atoms with Gasteiger partial charge < -0.3 is 15.4 Å². The van der Waals surface area contributed by atoms with Gasteiger partial charge in [-0.25, -0.2) is 0 Å². The van der Waals surface area contributed by atoms with E-state index in [1.165, 1.54) is 25.7 Å². The summed E-state index contributed by atoms with van der Waals surface area (Å²) in [6, 6.07) is 5.21. The molecule has 2 N–H and O–H groups in total. The van der Waals surface area contributed by atoms with Crippen LogP contribution in [0.2, 0.25) is 0 Å². The van der Waals surface area contributed by atoms with Crippen LogP contribution in [-0.4, -0.2) is 31.5 Å². The number of rotatable bonds is 4. The maximum absolute atomic E-state index is 12.1. The molecule has 0 bridgehead atoms. The number of ether oxygens (including phenoxy) is 1. The minimum atomic E-state index is -0.0542. The van der Waals surface area contributed by atoms with Gasteiger partial charge in [0.05, 0.1) is 12.2 Å². The van der Waals surface area contributed by atoms with Crippen molar-refractivity contribution in [2.75, 3.05) is 26.4 Å². The fraction of sp³-hybridized carbons (Fsp3) is 0.533. The van der Waals surface area contributed by atoms with Crippen LogP contribution in [-0.2, 0) is 0 Å². The van der Waals surface area contributed by atoms with Gasteiger partial charge >= 0.3 is 0 Å². The quantitative estimate of drug-likeness (QED) is 0.848. The molecule has 4 nitrogen and oxygen atoms in total. The van der Waals surface area contributed by atoms with Crippen molar-refractivity contribution in [3.05, 3.63) is 23.8 Å². The topological polar surface area (TPSA) is 55.6 Å². The number of hydrogen-bond acceptors (Lipinski definition) is 3. The predicted octanol–water partition coefficient (Wildman–Crippen LogP) is 2.54. The third kappa shape index (κ3) is 3.40. The summed E-state index contributed by atoms with van der Waals surface area (Å²) in [6.07, 6.45) is 5.02. The zero-order valence-corrected chi connectivity index (χ0v) is 11.7. The number of carbonyl (C=O) groups excluding carboxylic acids is 1. The van der Waals surface area contributed by atoms with Crippen molar-refractivity contribution in [2.24, 2.45) is 5.92 Å². The number of carbonyl (C=O) groups is 1. The van der Waals surface area contributed by atoms with E-state index in [4.69, 9.17) is 10.5 Å². The van der Waals surface area contributed by atoms with Crippen LogP contribution in [0.1, 0.15) is 36.0 Å². The minimum absolute atomic E-state index is 0.0542. The summed E-state index contributed by atoms with van der Waals surface area (Å²) in [7, 11) is 3.47. The first-order valence-corrected chi connectivity index (χ1v) is 6.82. The van der Waals surface area contributed by atoms with Crippen molar-refractivity contribution in [1.82, 2.24) is 4.90 Å². The molecule has 4 heteroatoms. The SMILES string of the molecule is CN(C)C(=O)c1ccc(N)cc1OCC1CCCC1. The second-order valence-electron chi connectivity index (χ2n) is 5.42. The van der Waals surface area contributed by atoms with Crippen LogP contribution in [0, 0.1) is 5.92 Å². The molecular formula is C15H22N2O2. The van der Waals surface area contributed by atoms with Crippen LogP contribution in [0.25, 0.3) is 0 Å². The molecule has 1 aromatic carbocycles. The normalized spacial score (nSPS) is 15.5. The van der Waals surface area contributed by atoms with Crippen molar-refractivity contribution < 1.29 is 9.53 Å². The number of anilines is 1. The van der Waals surface area contributed by atoms with Crippen LogP contribution < -0.4 is 10.5 Å². The fourth-order valence-electron chi connectivity index (χ4n) is 2.46. The Bertz CT molecular complexity index is 451. The number of benzene rings is 1. The van der Waals surface area contributed by atoms with Crippen molar-refractivity contribution in [3.8, 4) is 5.75 Å². The molecule has 0 aromatic heterocycles. The molecule has 1 amide bonds. The van der Waals surface area contributed by atoms with Crippen LogP contribution in [0.15, 0.2) is 18.2 Å². The summed E-state index contributed by atoms with van der Waals surface area (Å²) in [4.78, 5) is 13.6. The fourth-order valence-corrected chi connectivity index (χ4v) is 2.46. The molecule has 0 spiro atoms. The van der Waals surface area contributed by atoms with Crippen molar-refractivity contribution >= 4 is 11.6 Å². The number of amides is 1. The Morgan fingerprint density at radius 1 is 1.37 bits per heavy atom. The van der Waals surface area contributed by atoms with Gasteiger partial charge in [-0.15, -0.1) is 0 Å². The molecule has 1 aromatic rings. The van der Waals surface area contributed by atoms with E-state index in [0.717, 1.165) is 0 Å². The highest BCUT2D eigenvalue weighted by molar-refractivity contribution is 5.97. The van der Waals surface area contributed by atoms with Crippen LogP contribution >= 0.6 is 0 Å². The first kappa shape index (κ1) is 13.7. The van der Waals surface area contributed by atoms with E-state index in [9.17, 15) is 4.79 Å². The second kappa shape index (κ2) is 5.95. The average molecular weight is 262 g/mol. The first-order valence-electron chi connectivity index (χ1n) is 6.82. The number of nitrogens with zero attached hydrogens (tertiary/aromatic N) is 1. The van der Waals surface area contributed by atoms with E-state index in [1.807, 2.05) is 0 Å². The molecule has 104 valence electrons. The Balaban J connectivity index is 2.12. The Morgan fingerprint density at radius 2 is 2.05 bits per heavy atom. The maximum Gasteiger partial charge on any atom is 0.257 e. The minimum Gasteiger partial charge on any atom is -0.492 e. The zero-order valence-electron chi connectivity index (χ0n) is 11.7. The van der Waals surface area contributed by atoms with Crippen molar-refractivity contribution in [1.29, 1.82) is 0 Å². The lowest BCUT2D eigenvalue weighted by Crippen LogP contribution is -2.23. The summed E-state index contributed by atoms with van der Waals surface area (Å²) in [5.74, 6) is 1.16. The molecular weight excluding hydrogens is 240 g/mol. The number of hydrogen-bond donors (Lipinski definition) is 1. The summed E-state index contributed by atoms with van der Waals surface area (Å²) >= 11 is 0. The molecule has 1 aliphatic rings. The Hall–Kier alpha value is -1.71. The molecule has 0 atom stereocenters. The molecule has 2 rings (SSSR count). The van der Waals surface area contributed by atoms with Gasteiger partial charge in [0, 0.05) is 25.8 Å². The van der Waals surface area contributed by atoms with Gasteiger partial charge in [-0.2, -0.15) is 0 Å². The van der Waals surface area contributed by atoms with Gasteiger partial charge in [0.15, 0.2) is 0 Å². The highest BCUT2D eigenvalue weighted by atomic mass is 16.5. The predicted molar refractivity (Wildman–Crippen MR) is 76.3 cm³/mol. The number of nitrogens with two attached hydrogens (primary N) is 1. The van der Waals surface area contributed by atoms with E-state index in [1.54, 1.807) is 37.2 Å². The van der Waals surface area contributed by atoms with Gasteiger partial charge in [-0.1, -0.05) is 12.8 Å². The lowest BCUT2D eigenvalue weighted by molar-refractivity contribution is 0.0822. The van der Waals surface area contributed by atoms with Gasteiger partial charge in [-0.05, 0) is 30.9 Å². The first-order chi connectivity index (χ1) is 9.08. The summed E-state index contributed by atoms with van der Waals surface area (Å²) < 4.78 is 5.85. The zero-order chi connectivity index (χ0) is 13.8. The van der Waals surface area contributed by atoms with E-state index in [2.05, 4.69) is 0 Å². The lowest BCUT2D eigenvalue weighted by Gasteiger charge is -2.17. The Labute approximate surface area is 114 Å². The van der Waals surface area contributed by atoms with E-state index < -0.39 is 0 Å².